The van der Waals surface area contributed by atoms with Crippen molar-refractivity contribution in [1.29, 1.82) is 0 Å². The molecule has 10 nitrogen and oxygen atoms in total. The predicted octanol–water partition coefficient (Wildman–Crippen LogP) is 4.39. The van der Waals surface area contributed by atoms with Crippen LogP contribution in [0.5, 0.6) is 0 Å². The second-order valence-corrected chi connectivity index (χ2v) is 10.8. The lowest BCUT2D eigenvalue weighted by Gasteiger charge is -2.33. The standard InChI is InChI=1S/C30H33N9O/c1-36-11-13-37(14-12-36)28-17-22(5-7-31-28)35-23-16-24-25(19-33-29(24)32-18-23)21-6-10-39-27(15-21)26(20-34-39)30(40)38-8-3-2-4-9-38/h5-7,10,15-20H,2-4,8-9,11-14H2,1H3,(H,31,35)(H,32,33). The Morgan fingerprint density at radius 3 is 2.62 bits per heavy atom. The lowest BCUT2D eigenvalue weighted by molar-refractivity contribution is 0.0726. The Morgan fingerprint density at radius 1 is 0.925 bits per heavy atom. The molecule has 40 heavy (non-hydrogen) atoms. The molecule has 0 atom stereocenters. The molecule has 5 aromatic rings. The van der Waals surface area contributed by atoms with E-state index in [4.69, 9.17) is 0 Å². The summed E-state index contributed by atoms with van der Waals surface area (Å²) in [5.74, 6) is 1.05. The van der Waals surface area contributed by atoms with E-state index >= 15 is 0 Å². The molecule has 0 radical (unpaired) electrons. The van der Waals surface area contributed by atoms with Crippen LogP contribution in [0.15, 0.2) is 61.3 Å². The molecule has 2 saturated heterocycles. The van der Waals surface area contributed by atoms with Crippen LogP contribution >= 0.6 is 0 Å². The number of pyridine rings is 3. The molecule has 2 N–H and O–H groups in total. The van der Waals surface area contributed by atoms with Crippen molar-refractivity contribution >= 4 is 39.6 Å². The van der Waals surface area contributed by atoms with Gasteiger partial charge in [0.05, 0.1) is 29.2 Å². The first-order valence-electron chi connectivity index (χ1n) is 14.0. The number of hydrogen-bond acceptors (Lipinski definition) is 7. The number of aromatic amines is 1. The zero-order valence-electron chi connectivity index (χ0n) is 22.7. The fourth-order valence-corrected chi connectivity index (χ4v) is 5.76. The Balaban J connectivity index is 1.17. The highest BCUT2D eigenvalue weighted by Gasteiger charge is 2.22. The number of anilines is 3. The molecule has 0 saturated carbocycles. The number of aromatic nitrogens is 5. The molecule has 2 aliphatic rings. The number of likely N-dealkylation sites (N-methyl/N-ethyl adjacent to an activating group) is 1. The highest BCUT2D eigenvalue weighted by Crippen LogP contribution is 2.32. The molecule has 1 amide bonds. The van der Waals surface area contributed by atoms with Gasteiger partial charge in [0, 0.05) is 80.6 Å². The van der Waals surface area contributed by atoms with Gasteiger partial charge in [0.1, 0.15) is 11.5 Å². The predicted molar refractivity (Wildman–Crippen MR) is 157 cm³/mol. The number of piperidine rings is 1. The summed E-state index contributed by atoms with van der Waals surface area (Å²) in [6.45, 7) is 5.65. The van der Waals surface area contributed by atoms with E-state index in [9.17, 15) is 4.79 Å². The van der Waals surface area contributed by atoms with Crippen LogP contribution in [0.25, 0.3) is 27.7 Å². The zero-order valence-corrected chi connectivity index (χ0v) is 22.7. The van der Waals surface area contributed by atoms with Crippen LogP contribution < -0.4 is 10.2 Å². The maximum Gasteiger partial charge on any atom is 0.257 e. The summed E-state index contributed by atoms with van der Waals surface area (Å²) in [5.41, 5.74) is 6.19. The number of H-pyrrole nitrogens is 1. The first-order chi connectivity index (χ1) is 19.6. The Hall–Kier alpha value is -4.44. The molecule has 2 fully saturated rings. The van der Waals surface area contributed by atoms with Crippen LogP contribution in [-0.4, -0.2) is 86.6 Å². The molecule has 5 aromatic heterocycles. The number of piperazine rings is 1. The second-order valence-electron chi connectivity index (χ2n) is 10.8. The molecule has 0 spiro atoms. The van der Waals surface area contributed by atoms with Crippen LogP contribution in [0.4, 0.5) is 17.2 Å². The summed E-state index contributed by atoms with van der Waals surface area (Å²) < 4.78 is 1.78. The summed E-state index contributed by atoms with van der Waals surface area (Å²) in [5, 5.41) is 8.98. The van der Waals surface area contributed by atoms with Crippen molar-refractivity contribution < 1.29 is 4.79 Å². The van der Waals surface area contributed by atoms with Gasteiger partial charge < -0.3 is 25.0 Å². The molecule has 7 rings (SSSR count). The van der Waals surface area contributed by atoms with Gasteiger partial charge in [0.15, 0.2) is 0 Å². The minimum Gasteiger partial charge on any atom is -0.354 e. The molecule has 2 aliphatic heterocycles. The summed E-state index contributed by atoms with van der Waals surface area (Å²) >= 11 is 0. The minimum atomic E-state index is 0.0622. The monoisotopic (exact) mass is 535 g/mol. The van der Waals surface area contributed by atoms with Gasteiger partial charge in [-0.2, -0.15) is 5.10 Å². The fourth-order valence-electron chi connectivity index (χ4n) is 5.76. The van der Waals surface area contributed by atoms with Crippen molar-refractivity contribution in [3.05, 3.63) is 66.9 Å². The van der Waals surface area contributed by atoms with Gasteiger partial charge in [0.2, 0.25) is 0 Å². The molecule has 0 aliphatic carbocycles. The van der Waals surface area contributed by atoms with E-state index in [1.807, 2.05) is 41.8 Å². The van der Waals surface area contributed by atoms with E-state index < -0.39 is 0 Å². The van der Waals surface area contributed by atoms with Crippen molar-refractivity contribution in [1.82, 2.24) is 34.4 Å². The second kappa shape index (κ2) is 10.3. The smallest absolute Gasteiger partial charge is 0.257 e. The Kier molecular flexibility index (Phi) is 6.31. The topological polar surface area (TPSA) is 97.7 Å². The maximum absolute atomic E-state index is 13.3. The van der Waals surface area contributed by atoms with Gasteiger partial charge >= 0.3 is 0 Å². The van der Waals surface area contributed by atoms with Crippen LogP contribution in [-0.2, 0) is 0 Å². The number of fused-ring (bicyclic) bond motifs is 2. The molecule has 0 aromatic carbocycles. The lowest BCUT2D eigenvalue weighted by Crippen LogP contribution is -2.44. The van der Waals surface area contributed by atoms with E-state index in [1.54, 1.807) is 10.7 Å². The van der Waals surface area contributed by atoms with E-state index in [1.165, 1.54) is 6.42 Å². The van der Waals surface area contributed by atoms with Gasteiger partial charge in [-0.25, -0.2) is 14.5 Å². The van der Waals surface area contributed by atoms with Crippen LogP contribution in [0.3, 0.4) is 0 Å². The third-order valence-electron chi connectivity index (χ3n) is 8.10. The Labute approximate surface area is 232 Å². The summed E-state index contributed by atoms with van der Waals surface area (Å²) in [6, 6.07) is 10.3. The summed E-state index contributed by atoms with van der Waals surface area (Å²) in [4.78, 5) is 32.5. The molecule has 10 heteroatoms. The molecule has 7 heterocycles. The van der Waals surface area contributed by atoms with Crippen molar-refractivity contribution in [3.8, 4) is 11.1 Å². The highest BCUT2D eigenvalue weighted by molar-refractivity contribution is 6.02. The number of amides is 1. The molecule has 204 valence electrons. The SMILES string of the molecule is CN1CCN(c2cc(Nc3cnc4[nH]cc(-c5ccn6ncc(C(=O)N7CCCCC7)c6c5)c4c3)ccn2)CC1. The first kappa shape index (κ1) is 24.6. The van der Waals surface area contributed by atoms with E-state index in [2.05, 4.69) is 60.4 Å². The van der Waals surface area contributed by atoms with Gasteiger partial charge in [0.25, 0.3) is 5.91 Å². The largest absolute Gasteiger partial charge is 0.354 e. The number of rotatable bonds is 5. The zero-order chi connectivity index (χ0) is 27.1. The van der Waals surface area contributed by atoms with E-state index in [-0.39, 0.29) is 5.91 Å². The summed E-state index contributed by atoms with van der Waals surface area (Å²) in [6.07, 6.45) is 12.6. The number of carbonyl (C=O) groups is 1. The average molecular weight is 536 g/mol. The van der Waals surface area contributed by atoms with E-state index in [0.717, 1.165) is 97.0 Å². The quantitative estimate of drug-likeness (QED) is 0.344. The van der Waals surface area contributed by atoms with Gasteiger partial charge in [-0.3, -0.25) is 4.79 Å². The van der Waals surface area contributed by atoms with Crippen molar-refractivity contribution in [3.63, 3.8) is 0 Å². The minimum absolute atomic E-state index is 0.0622. The fraction of sp³-hybridized carbons (Fsp3) is 0.333. The van der Waals surface area contributed by atoms with Crippen LogP contribution in [0.2, 0.25) is 0 Å². The van der Waals surface area contributed by atoms with Gasteiger partial charge in [-0.1, -0.05) is 0 Å². The van der Waals surface area contributed by atoms with Gasteiger partial charge in [-0.05, 0) is 56.1 Å². The summed E-state index contributed by atoms with van der Waals surface area (Å²) in [7, 11) is 2.16. The normalized spacial score (nSPS) is 16.6. The first-order valence-corrected chi connectivity index (χ1v) is 14.0. The number of nitrogens with zero attached hydrogens (tertiary/aromatic N) is 7. The maximum atomic E-state index is 13.3. The average Bonchev–Trinajstić information content (AvgIpc) is 3.61. The number of hydrogen-bond donors (Lipinski definition) is 2. The number of carbonyl (C=O) groups excluding carboxylic acids is 1. The Morgan fingerprint density at radius 2 is 1.77 bits per heavy atom. The molecule has 0 unspecified atom stereocenters. The third-order valence-corrected chi connectivity index (χ3v) is 8.10. The number of nitrogens with one attached hydrogen (secondary N) is 2. The van der Waals surface area contributed by atoms with Crippen molar-refractivity contribution in [2.24, 2.45) is 0 Å². The van der Waals surface area contributed by atoms with Crippen molar-refractivity contribution in [2.75, 3.05) is 56.5 Å². The third kappa shape index (κ3) is 4.64. The lowest BCUT2D eigenvalue weighted by atomic mass is 10.0. The van der Waals surface area contributed by atoms with Crippen LogP contribution in [0.1, 0.15) is 29.6 Å². The molecular weight excluding hydrogens is 502 g/mol. The van der Waals surface area contributed by atoms with Crippen LogP contribution in [0, 0.1) is 0 Å². The van der Waals surface area contributed by atoms with Gasteiger partial charge in [-0.15, -0.1) is 0 Å². The Bertz CT molecular complexity index is 1680. The van der Waals surface area contributed by atoms with Crippen molar-refractivity contribution in [2.45, 2.75) is 19.3 Å². The molecule has 0 bridgehead atoms. The molecular formula is C30H33N9O. The van der Waals surface area contributed by atoms with E-state index in [0.29, 0.717) is 5.56 Å². The number of likely N-dealkylation sites (tertiary alicyclic amines) is 1. The highest BCUT2D eigenvalue weighted by atomic mass is 16.2.